The molecule has 32 heavy (non-hydrogen) atoms. The third-order valence-corrected chi connectivity index (χ3v) is 5.48. The SMILES string of the molecule is COc1ccc(C=NOCc2nc3c4c(C)c(C)n(-c5ccccc5)c4ncn3n2)cc1. The zero-order chi connectivity index (χ0) is 22.1. The molecule has 0 aliphatic rings. The van der Waals surface area contributed by atoms with Gasteiger partial charge in [-0.15, -0.1) is 5.10 Å². The van der Waals surface area contributed by atoms with Gasteiger partial charge in [-0.1, -0.05) is 23.4 Å². The Balaban J connectivity index is 1.42. The second kappa shape index (κ2) is 8.14. The summed E-state index contributed by atoms with van der Waals surface area (Å²) < 4.78 is 8.99. The zero-order valence-electron chi connectivity index (χ0n) is 18.1. The van der Waals surface area contributed by atoms with E-state index in [1.54, 1.807) is 24.2 Å². The summed E-state index contributed by atoms with van der Waals surface area (Å²) in [6.07, 6.45) is 3.33. The average molecular weight is 426 g/mol. The van der Waals surface area contributed by atoms with Gasteiger partial charge in [-0.05, 0) is 61.4 Å². The van der Waals surface area contributed by atoms with Crippen molar-refractivity contribution < 1.29 is 9.57 Å². The molecule has 0 aliphatic carbocycles. The van der Waals surface area contributed by atoms with Gasteiger partial charge in [0.1, 0.15) is 12.1 Å². The number of hydrogen-bond acceptors (Lipinski definition) is 6. The highest BCUT2D eigenvalue weighted by molar-refractivity contribution is 5.94. The summed E-state index contributed by atoms with van der Waals surface area (Å²) in [5, 5.41) is 9.51. The Labute approximate surface area is 184 Å². The van der Waals surface area contributed by atoms with E-state index in [0.29, 0.717) is 5.82 Å². The highest BCUT2D eigenvalue weighted by Crippen LogP contribution is 2.29. The molecule has 2 aromatic carbocycles. The average Bonchev–Trinajstić information content (AvgIpc) is 3.36. The van der Waals surface area contributed by atoms with E-state index in [-0.39, 0.29) is 6.61 Å². The van der Waals surface area contributed by atoms with Crippen molar-refractivity contribution >= 4 is 22.9 Å². The van der Waals surface area contributed by atoms with E-state index in [1.807, 2.05) is 42.5 Å². The first-order valence-corrected chi connectivity index (χ1v) is 10.2. The molecule has 5 aromatic rings. The van der Waals surface area contributed by atoms with Gasteiger partial charge in [0.05, 0.1) is 18.7 Å². The fourth-order valence-corrected chi connectivity index (χ4v) is 3.74. The lowest BCUT2D eigenvalue weighted by Crippen LogP contribution is -1.99. The van der Waals surface area contributed by atoms with Gasteiger partial charge in [-0.25, -0.2) is 14.5 Å². The number of aromatic nitrogens is 5. The predicted octanol–water partition coefficient (Wildman–Crippen LogP) is 4.24. The minimum absolute atomic E-state index is 0.160. The van der Waals surface area contributed by atoms with E-state index in [4.69, 9.17) is 14.6 Å². The second-order valence-electron chi connectivity index (χ2n) is 7.40. The molecule has 0 bridgehead atoms. The number of nitrogens with zero attached hydrogens (tertiary/aromatic N) is 6. The first kappa shape index (κ1) is 19.7. The molecule has 0 aliphatic heterocycles. The molecule has 3 aromatic heterocycles. The Hall–Kier alpha value is -4.20. The zero-order valence-corrected chi connectivity index (χ0v) is 18.1. The maximum atomic E-state index is 5.42. The van der Waals surface area contributed by atoms with Gasteiger partial charge in [0.25, 0.3) is 0 Å². The summed E-state index contributed by atoms with van der Waals surface area (Å²) in [6, 6.07) is 17.7. The van der Waals surface area contributed by atoms with Gasteiger partial charge in [-0.2, -0.15) is 0 Å². The van der Waals surface area contributed by atoms with Crippen LogP contribution >= 0.6 is 0 Å². The minimum atomic E-state index is 0.160. The van der Waals surface area contributed by atoms with Crippen LogP contribution in [0.15, 0.2) is 66.1 Å². The first-order chi connectivity index (χ1) is 15.7. The standard InChI is InChI=1S/C24H22N6O2/c1-16-17(2)30(19-7-5-4-6-8-19)23-22(16)24-27-21(28-29(24)15-25-23)14-32-26-13-18-9-11-20(31-3)12-10-18/h4-13,15H,14H2,1-3H3. The van der Waals surface area contributed by atoms with Crippen LogP contribution in [0, 0.1) is 13.8 Å². The lowest BCUT2D eigenvalue weighted by atomic mass is 10.2. The summed E-state index contributed by atoms with van der Waals surface area (Å²) in [5.41, 5.74) is 5.83. The quantitative estimate of drug-likeness (QED) is 0.300. The molecular weight excluding hydrogens is 404 g/mol. The molecule has 0 saturated heterocycles. The highest BCUT2D eigenvalue weighted by Gasteiger charge is 2.18. The molecule has 0 radical (unpaired) electrons. The number of oxime groups is 1. The number of ether oxygens (including phenoxy) is 1. The highest BCUT2D eigenvalue weighted by atomic mass is 16.6. The van der Waals surface area contributed by atoms with Crippen LogP contribution in [0.25, 0.3) is 22.4 Å². The van der Waals surface area contributed by atoms with Gasteiger partial charge >= 0.3 is 0 Å². The van der Waals surface area contributed by atoms with E-state index >= 15 is 0 Å². The summed E-state index contributed by atoms with van der Waals surface area (Å²) in [4.78, 5) is 14.8. The predicted molar refractivity (Wildman–Crippen MR) is 122 cm³/mol. The number of hydrogen-bond donors (Lipinski definition) is 0. The molecule has 3 heterocycles. The molecule has 160 valence electrons. The Morgan fingerprint density at radius 1 is 1.00 bits per heavy atom. The monoisotopic (exact) mass is 426 g/mol. The van der Waals surface area contributed by atoms with E-state index < -0.39 is 0 Å². The van der Waals surface area contributed by atoms with Crippen LogP contribution in [-0.2, 0) is 11.4 Å². The third-order valence-electron chi connectivity index (χ3n) is 5.48. The molecule has 8 nitrogen and oxygen atoms in total. The lowest BCUT2D eigenvalue weighted by molar-refractivity contribution is 0.126. The fourth-order valence-electron chi connectivity index (χ4n) is 3.74. The molecule has 0 saturated carbocycles. The topological polar surface area (TPSA) is 78.8 Å². The van der Waals surface area contributed by atoms with Gasteiger partial charge in [0.2, 0.25) is 0 Å². The van der Waals surface area contributed by atoms with E-state index in [2.05, 4.69) is 45.8 Å². The summed E-state index contributed by atoms with van der Waals surface area (Å²) in [7, 11) is 1.64. The molecular formula is C24H22N6O2. The minimum Gasteiger partial charge on any atom is -0.497 e. The van der Waals surface area contributed by atoms with Crippen LogP contribution in [-0.4, -0.2) is 37.5 Å². The normalized spacial score (nSPS) is 11.6. The van der Waals surface area contributed by atoms with Crippen LogP contribution in [0.5, 0.6) is 5.75 Å². The Bertz CT molecular complexity index is 1420. The van der Waals surface area contributed by atoms with Crippen LogP contribution < -0.4 is 4.74 Å². The second-order valence-corrected chi connectivity index (χ2v) is 7.40. The van der Waals surface area contributed by atoms with E-state index in [0.717, 1.165) is 44.9 Å². The van der Waals surface area contributed by atoms with Crippen molar-refractivity contribution in [3.63, 3.8) is 0 Å². The smallest absolute Gasteiger partial charge is 0.192 e. The molecule has 0 atom stereocenters. The van der Waals surface area contributed by atoms with Crippen LogP contribution in [0.4, 0.5) is 0 Å². The maximum Gasteiger partial charge on any atom is 0.192 e. The Kier molecular flexibility index (Phi) is 5.03. The van der Waals surface area contributed by atoms with Crippen molar-refractivity contribution in [3.05, 3.63) is 83.6 Å². The molecule has 0 unspecified atom stereocenters. The molecule has 0 amide bonds. The van der Waals surface area contributed by atoms with Gasteiger partial charge in [0.15, 0.2) is 23.7 Å². The van der Waals surface area contributed by atoms with Crippen LogP contribution in [0.3, 0.4) is 0 Å². The summed E-state index contributed by atoms with van der Waals surface area (Å²) in [6.45, 7) is 4.34. The van der Waals surface area contributed by atoms with Crippen molar-refractivity contribution in [3.8, 4) is 11.4 Å². The first-order valence-electron chi connectivity index (χ1n) is 10.2. The van der Waals surface area contributed by atoms with Crippen molar-refractivity contribution in [1.29, 1.82) is 0 Å². The third kappa shape index (κ3) is 3.45. The van der Waals surface area contributed by atoms with Gasteiger partial charge in [0, 0.05) is 11.4 Å². The number of fused-ring (bicyclic) bond motifs is 3. The molecule has 0 N–H and O–H groups in total. The molecule has 5 rings (SSSR count). The number of rotatable bonds is 6. The number of benzene rings is 2. The van der Waals surface area contributed by atoms with Crippen molar-refractivity contribution in [2.24, 2.45) is 5.16 Å². The van der Waals surface area contributed by atoms with Crippen LogP contribution in [0.1, 0.15) is 22.6 Å². The largest absolute Gasteiger partial charge is 0.497 e. The van der Waals surface area contributed by atoms with E-state index in [1.165, 1.54) is 0 Å². The maximum absolute atomic E-state index is 5.42. The van der Waals surface area contributed by atoms with Crippen molar-refractivity contribution in [2.45, 2.75) is 20.5 Å². The van der Waals surface area contributed by atoms with Crippen LogP contribution in [0.2, 0.25) is 0 Å². The molecule has 0 fully saturated rings. The Morgan fingerprint density at radius 3 is 2.53 bits per heavy atom. The summed E-state index contributed by atoms with van der Waals surface area (Å²) >= 11 is 0. The van der Waals surface area contributed by atoms with Gasteiger partial charge < -0.3 is 9.57 Å². The number of aryl methyl sites for hydroxylation is 1. The summed E-state index contributed by atoms with van der Waals surface area (Å²) in [5.74, 6) is 1.33. The molecule has 8 heteroatoms. The Morgan fingerprint density at radius 2 is 1.78 bits per heavy atom. The van der Waals surface area contributed by atoms with Crippen molar-refractivity contribution in [1.82, 2.24) is 24.1 Å². The van der Waals surface area contributed by atoms with E-state index in [9.17, 15) is 0 Å². The fraction of sp³-hybridized carbons (Fsp3) is 0.167. The number of methoxy groups -OCH3 is 1. The lowest BCUT2D eigenvalue weighted by Gasteiger charge is -2.07. The molecule has 0 spiro atoms. The van der Waals surface area contributed by atoms with Gasteiger partial charge in [-0.3, -0.25) is 4.57 Å². The number of para-hydroxylation sites is 1. The van der Waals surface area contributed by atoms with Crippen molar-refractivity contribution in [2.75, 3.05) is 7.11 Å².